The summed E-state index contributed by atoms with van der Waals surface area (Å²) in [5, 5.41) is 0.972. The quantitative estimate of drug-likeness (QED) is 0.541. The summed E-state index contributed by atoms with van der Waals surface area (Å²) in [6.45, 7) is 1.15. The predicted molar refractivity (Wildman–Crippen MR) is 63.9 cm³/mol. The highest BCUT2D eigenvalue weighted by molar-refractivity contribution is 7.42. The van der Waals surface area contributed by atoms with Crippen LogP contribution in [-0.2, 0) is 9.26 Å². The van der Waals surface area contributed by atoms with Gasteiger partial charge in [-0.2, -0.15) is 0 Å². The van der Waals surface area contributed by atoms with Crippen LogP contribution in [0.5, 0.6) is 11.5 Å². The number of hydrogen-bond donors (Lipinski definition) is 0. The molecule has 0 saturated carbocycles. The number of methoxy groups -OCH3 is 3. The smallest absolute Gasteiger partial charge is 0.122 e. The molecule has 0 aliphatic carbocycles. The number of benzene rings is 1. The van der Waals surface area contributed by atoms with Crippen molar-refractivity contribution in [3.05, 3.63) is 18.2 Å². The van der Waals surface area contributed by atoms with Crippen molar-refractivity contribution in [3.63, 3.8) is 0 Å². The second-order valence-electron chi connectivity index (χ2n) is 2.96. The fourth-order valence-electron chi connectivity index (χ4n) is 1.10. The van der Waals surface area contributed by atoms with E-state index in [-0.39, 0.29) is 0 Å². The molecule has 5 heteroatoms. The summed E-state index contributed by atoms with van der Waals surface area (Å²) in [5.74, 6) is 1.53. The summed E-state index contributed by atoms with van der Waals surface area (Å²) < 4.78 is 20.7. The Morgan fingerprint density at radius 2 is 1.88 bits per heavy atom. The minimum atomic E-state index is 0.563. The molecule has 0 unspecified atom stereocenters. The molecule has 0 aliphatic rings. The normalized spacial score (nSPS) is 10.9. The molecule has 90 valence electrons. The minimum Gasteiger partial charge on any atom is -0.551 e. The molecule has 0 aromatic heterocycles. The van der Waals surface area contributed by atoms with Crippen LogP contribution < -0.4 is 14.8 Å². The molecule has 0 fully saturated rings. The molecule has 1 rings (SSSR count). The Balaban J connectivity index is 2.57. The molecule has 16 heavy (non-hydrogen) atoms. The van der Waals surface area contributed by atoms with Crippen LogP contribution in [0.15, 0.2) is 18.2 Å². The van der Waals surface area contributed by atoms with Gasteiger partial charge in [0.2, 0.25) is 0 Å². The van der Waals surface area contributed by atoms with Crippen molar-refractivity contribution >= 4 is 14.1 Å². The second kappa shape index (κ2) is 7.44. The zero-order valence-corrected chi connectivity index (χ0v) is 10.6. The van der Waals surface area contributed by atoms with Crippen LogP contribution in [0, 0.1) is 0 Å². The SMILES string of the molecule is COCCO[P-]c1ccc(OC)cc1OC. The van der Waals surface area contributed by atoms with Crippen LogP contribution >= 0.6 is 8.81 Å². The molecule has 1 aromatic carbocycles. The van der Waals surface area contributed by atoms with Crippen molar-refractivity contribution in [2.45, 2.75) is 0 Å². The first kappa shape index (κ1) is 13.2. The molecule has 0 atom stereocenters. The lowest BCUT2D eigenvalue weighted by Gasteiger charge is -2.23. The third-order valence-electron chi connectivity index (χ3n) is 1.93. The second-order valence-corrected chi connectivity index (χ2v) is 3.88. The summed E-state index contributed by atoms with van der Waals surface area (Å²) in [7, 11) is 5.66. The largest absolute Gasteiger partial charge is 0.551 e. The van der Waals surface area contributed by atoms with Crippen molar-refractivity contribution in [3.8, 4) is 11.5 Å². The number of hydrogen-bond acceptors (Lipinski definition) is 4. The van der Waals surface area contributed by atoms with Gasteiger partial charge in [-0.1, -0.05) is 6.07 Å². The van der Waals surface area contributed by atoms with E-state index in [0.717, 1.165) is 25.6 Å². The van der Waals surface area contributed by atoms with E-state index in [0.29, 0.717) is 13.2 Å². The van der Waals surface area contributed by atoms with Gasteiger partial charge in [0, 0.05) is 19.8 Å². The zero-order valence-electron chi connectivity index (χ0n) is 9.73. The first-order chi connectivity index (χ1) is 7.81. The molecule has 0 radical (unpaired) electrons. The first-order valence-electron chi connectivity index (χ1n) is 4.85. The molecule has 0 heterocycles. The maximum atomic E-state index is 5.40. The van der Waals surface area contributed by atoms with Gasteiger partial charge in [0.25, 0.3) is 0 Å². The molecule has 0 amide bonds. The van der Waals surface area contributed by atoms with E-state index in [1.54, 1.807) is 21.3 Å². The Morgan fingerprint density at radius 1 is 1.06 bits per heavy atom. The summed E-state index contributed by atoms with van der Waals surface area (Å²) in [4.78, 5) is 0. The highest BCUT2D eigenvalue weighted by atomic mass is 31.1. The van der Waals surface area contributed by atoms with Crippen molar-refractivity contribution in [2.24, 2.45) is 0 Å². The van der Waals surface area contributed by atoms with Gasteiger partial charge in [0.15, 0.2) is 0 Å². The number of rotatable bonds is 7. The summed E-state index contributed by atoms with van der Waals surface area (Å²) in [6, 6.07) is 5.64. The third-order valence-corrected chi connectivity index (χ3v) is 2.81. The van der Waals surface area contributed by atoms with Crippen LogP contribution in [0.25, 0.3) is 0 Å². The van der Waals surface area contributed by atoms with Crippen molar-refractivity contribution in [1.82, 2.24) is 0 Å². The standard InChI is InChI=1S/C11H16O4P/c1-12-6-7-15-16-11-5-4-9(13-2)8-10(11)14-3/h4-5,8H,6-7H2,1-3H3/q-1. The zero-order chi connectivity index (χ0) is 11.8. The molecule has 0 spiro atoms. The fraction of sp³-hybridized carbons (Fsp3) is 0.455. The van der Waals surface area contributed by atoms with Crippen molar-refractivity contribution in [2.75, 3.05) is 34.5 Å². The molecular weight excluding hydrogens is 227 g/mol. The van der Waals surface area contributed by atoms with Crippen molar-refractivity contribution < 1.29 is 18.7 Å². The van der Waals surface area contributed by atoms with Gasteiger partial charge in [0.05, 0.1) is 26.6 Å². The monoisotopic (exact) mass is 243 g/mol. The Hall–Kier alpha value is -0.830. The summed E-state index contributed by atoms with van der Waals surface area (Å²) in [6.07, 6.45) is 0. The molecular formula is C11H16O4P-. The fourth-order valence-corrected chi connectivity index (χ4v) is 1.78. The van der Waals surface area contributed by atoms with E-state index >= 15 is 0 Å². The van der Waals surface area contributed by atoms with Gasteiger partial charge in [-0.3, -0.25) is 0 Å². The van der Waals surface area contributed by atoms with E-state index in [9.17, 15) is 0 Å². The average molecular weight is 243 g/mol. The lowest BCUT2D eigenvalue weighted by Crippen LogP contribution is -2.04. The Morgan fingerprint density at radius 3 is 2.50 bits per heavy atom. The van der Waals surface area contributed by atoms with Crippen LogP contribution in [-0.4, -0.2) is 34.5 Å². The Kier molecular flexibility index (Phi) is 6.16. The predicted octanol–water partition coefficient (Wildman–Crippen LogP) is 1.85. The minimum absolute atomic E-state index is 0.563. The average Bonchev–Trinajstić information content (AvgIpc) is 2.34. The lowest BCUT2D eigenvalue weighted by molar-refractivity contribution is 0.155. The topological polar surface area (TPSA) is 36.9 Å². The summed E-state index contributed by atoms with van der Waals surface area (Å²) in [5.41, 5.74) is 0. The maximum absolute atomic E-state index is 5.40. The molecule has 4 nitrogen and oxygen atoms in total. The van der Waals surface area contributed by atoms with Gasteiger partial charge in [0.1, 0.15) is 5.75 Å². The maximum Gasteiger partial charge on any atom is 0.122 e. The van der Waals surface area contributed by atoms with Gasteiger partial charge in [-0.05, 0) is 6.07 Å². The number of ether oxygens (including phenoxy) is 3. The van der Waals surface area contributed by atoms with Crippen LogP contribution in [0.2, 0.25) is 0 Å². The van der Waals surface area contributed by atoms with E-state index < -0.39 is 0 Å². The molecule has 0 N–H and O–H groups in total. The van der Waals surface area contributed by atoms with E-state index in [2.05, 4.69) is 0 Å². The van der Waals surface area contributed by atoms with Gasteiger partial charge in [-0.15, -0.1) is 5.30 Å². The van der Waals surface area contributed by atoms with Crippen molar-refractivity contribution in [1.29, 1.82) is 0 Å². The van der Waals surface area contributed by atoms with Gasteiger partial charge >= 0.3 is 0 Å². The molecule has 1 aromatic rings. The van der Waals surface area contributed by atoms with E-state index in [1.165, 1.54) is 0 Å². The first-order valence-corrected chi connectivity index (χ1v) is 5.67. The summed E-state index contributed by atoms with van der Waals surface area (Å²) >= 11 is 0. The lowest BCUT2D eigenvalue weighted by atomic mass is 10.3. The Bertz CT molecular complexity index is 317. The van der Waals surface area contributed by atoms with Crippen LogP contribution in [0.4, 0.5) is 0 Å². The molecule has 0 bridgehead atoms. The molecule has 0 aliphatic heterocycles. The third kappa shape index (κ3) is 3.97. The van der Waals surface area contributed by atoms with Crippen LogP contribution in [0.1, 0.15) is 0 Å². The molecule has 0 saturated heterocycles. The van der Waals surface area contributed by atoms with Crippen LogP contribution in [0.3, 0.4) is 0 Å². The Labute approximate surface area is 97.7 Å². The van der Waals surface area contributed by atoms with Gasteiger partial charge in [-0.25, -0.2) is 0 Å². The van der Waals surface area contributed by atoms with E-state index in [4.69, 9.17) is 18.7 Å². The van der Waals surface area contributed by atoms with Gasteiger partial charge < -0.3 is 27.5 Å². The highest BCUT2D eigenvalue weighted by Crippen LogP contribution is 2.24. The highest BCUT2D eigenvalue weighted by Gasteiger charge is 1.96. The van der Waals surface area contributed by atoms with E-state index in [1.807, 2.05) is 18.2 Å².